The number of aromatic nitrogens is 1. The second-order valence-electron chi connectivity index (χ2n) is 8.40. The van der Waals surface area contributed by atoms with E-state index in [1.807, 2.05) is 0 Å². The monoisotopic (exact) mass is 569 g/mol. The molecule has 0 radical (unpaired) electrons. The Balaban J connectivity index is 1.67. The van der Waals surface area contributed by atoms with Gasteiger partial charge in [0, 0.05) is 31.6 Å². The smallest absolute Gasteiger partial charge is 0.412 e. The first kappa shape index (κ1) is 29.4. The Morgan fingerprint density at radius 2 is 1.97 bits per heavy atom. The third kappa shape index (κ3) is 8.40. The quantitative estimate of drug-likeness (QED) is 0.132. The van der Waals surface area contributed by atoms with Crippen molar-refractivity contribution in [2.45, 2.75) is 24.9 Å². The largest absolute Gasteiger partial charge is 0.447 e. The van der Waals surface area contributed by atoms with Gasteiger partial charge >= 0.3 is 12.1 Å². The van der Waals surface area contributed by atoms with Gasteiger partial charge in [0.2, 0.25) is 0 Å². The fraction of sp³-hybridized carbons (Fsp3) is 0.292. The van der Waals surface area contributed by atoms with Gasteiger partial charge in [0.15, 0.2) is 0 Å². The third-order valence-corrected chi connectivity index (χ3v) is 5.99. The van der Waals surface area contributed by atoms with Crippen LogP contribution in [0.4, 0.5) is 33.0 Å². The molecular formula is C24H24ClF4N7O3. The number of alkyl halides is 2. The lowest BCUT2D eigenvalue weighted by atomic mass is 10.1. The van der Waals surface area contributed by atoms with Crippen molar-refractivity contribution in [2.24, 2.45) is 16.2 Å². The molecule has 0 aliphatic rings. The van der Waals surface area contributed by atoms with Crippen LogP contribution in [0.1, 0.15) is 12.0 Å². The molecular weight excluding hydrogens is 546 g/mol. The van der Waals surface area contributed by atoms with E-state index >= 15 is 0 Å². The molecule has 2 aromatic carbocycles. The minimum absolute atomic E-state index is 0.0291. The van der Waals surface area contributed by atoms with Crippen molar-refractivity contribution in [1.82, 2.24) is 15.2 Å². The number of anilines is 1. The number of fused-ring (bicyclic) bond motifs is 1. The van der Waals surface area contributed by atoms with E-state index in [0.717, 1.165) is 11.0 Å². The number of benzene rings is 2. The predicted octanol–water partition coefficient (Wildman–Crippen LogP) is 5.28. The van der Waals surface area contributed by atoms with Gasteiger partial charge < -0.3 is 20.8 Å². The number of urea groups is 1. The van der Waals surface area contributed by atoms with Crippen molar-refractivity contribution >= 4 is 40.3 Å². The van der Waals surface area contributed by atoms with Crippen molar-refractivity contribution in [1.29, 1.82) is 0 Å². The fourth-order valence-electron chi connectivity index (χ4n) is 3.50. The summed E-state index contributed by atoms with van der Waals surface area (Å²) in [4.78, 5) is 30.0. The molecule has 1 heterocycles. The Kier molecular flexibility index (Phi) is 9.82. The van der Waals surface area contributed by atoms with E-state index in [1.54, 1.807) is 0 Å². The highest BCUT2D eigenvalue weighted by atomic mass is 35.5. The lowest BCUT2D eigenvalue weighted by Gasteiger charge is -2.30. The molecule has 3 aromatic rings. The zero-order chi connectivity index (χ0) is 28.6. The van der Waals surface area contributed by atoms with Crippen LogP contribution in [-0.4, -0.2) is 54.2 Å². The molecule has 15 heteroatoms. The summed E-state index contributed by atoms with van der Waals surface area (Å²) >= 11 is 5.89. The van der Waals surface area contributed by atoms with Crippen LogP contribution >= 0.6 is 11.6 Å². The predicted molar refractivity (Wildman–Crippen MR) is 135 cm³/mol. The second kappa shape index (κ2) is 13.0. The number of carbonyl (C=O) groups excluding carboxylic acids is 2. The fourth-order valence-corrected chi connectivity index (χ4v) is 3.69. The van der Waals surface area contributed by atoms with Gasteiger partial charge in [-0.15, -0.1) is 0 Å². The molecule has 3 rings (SSSR count). The maximum absolute atomic E-state index is 14.5. The number of hydrogen-bond donors (Lipinski definition) is 3. The van der Waals surface area contributed by atoms with E-state index in [4.69, 9.17) is 22.2 Å². The van der Waals surface area contributed by atoms with Crippen molar-refractivity contribution in [2.75, 3.05) is 25.5 Å². The highest BCUT2D eigenvalue weighted by Crippen LogP contribution is 2.24. The molecule has 0 spiro atoms. The average molecular weight is 570 g/mol. The number of pyridine rings is 1. The van der Waals surface area contributed by atoms with Crippen LogP contribution in [-0.2, 0) is 11.3 Å². The summed E-state index contributed by atoms with van der Waals surface area (Å²) in [6, 6.07) is 7.29. The van der Waals surface area contributed by atoms with E-state index in [1.165, 1.54) is 49.6 Å². The first-order chi connectivity index (χ1) is 18.5. The molecule has 1 atom stereocenters. The third-order valence-electron chi connectivity index (χ3n) is 5.57. The summed E-state index contributed by atoms with van der Waals surface area (Å²) in [5.74, 6) is 0.213. The van der Waals surface area contributed by atoms with Gasteiger partial charge in [-0.2, -0.15) is 5.11 Å². The first-order valence-corrected chi connectivity index (χ1v) is 11.7. The highest BCUT2D eigenvalue weighted by Gasteiger charge is 2.36. The maximum atomic E-state index is 14.5. The van der Waals surface area contributed by atoms with E-state index in [2.05, 4.69) is 26.0 Å². The van der Waals surface area contributed by atoms with Gasteiger partial charge in [0.25, 0.3) is 5.92 Å². The number of likely N-dealkylation sites (N-methyl/N-ethyl adjacent to an activating group) is 1. The Labute approximate surface area is 225 Å². The molecule has 0 fully saturated rings. The van der Waals surface area contributed by atoms with Gasteiger partial charge in [-0.1, -0.05) is 29.0 Å². The first-order valence-electron chi connectivity index (χ1n) is 11.4. The van der Waals surface area contributed by atoms with Crippen LogP contribution in [0.25, 0.3) is 10.8 Å². The molecule has 0 saturated carbocycles. The number of nitrogens with zero attached hydrogens (tertiary/aromatic N) is 4. The topological polar surface area (TPSA) is 134 Å². The van der Waals surface area contributed by atoms with Gasteiger partial charge in [-0.25, -0.2) is 32.1 Å². The molecule has 4 N–H and O–H groups in total. The minimum Gasteiger partial charge on any atom is -0.447 e. The van der Waals surface area contributed by atoms with Crippen molar-refractivity contribution in [3.8, 4) is 0 Å². The lowest BCUT2D eigenvalue weighted by molar-refractivity contribution is -0.0268. The van der Waals surface area contributed by atoms with E-state index in [0.29, 0.717) is 10.8 Å². The van der Waals surface area contributed by atoms with E-state index in [-0.39, 0.29) is 22.9 Å². The zero-order valence-electron chi connectivity index (χ0n) is 20.5. The number of rotatable bonds is 10. The van der Waals surface area contributed by atoms with Crippen LogP contribution in [0.3, 0.4) is 0 Å². The number of nitrogens with two attached hydrogens (primary N) is 1. The summed E-state index contributed by atoms with van der Waals surface area (Å²) in [6.07, 6.45) is -0.603. The highest BCUT2D eigenvalue weighted by molar-refractivity contribution is 6.31. The van der Waals surface area contributed by atoms with Gasteiger partial charge in [-0.05, 0) is 41.3 Å². The number of hydrogen-bond acceptors (Lipinski definition) is 6. The Hall–Kier alpha value is -4.20. The molecule has 0 saturated heterocycles. The maximum Gasteiger partial charge on any atom is 0.412 e. The molecule has 0 aliphatic carbocycles. The summed E-state index contributed by atoms with van der Waals surface area (Å²) in [7, 11) is 1.22. The Morgan fingerprint density at radius 1 is 1.21 bits per heavy atom. The standard InChI is InChI=1S/C24H24ClF4N7O3/c1-36(22(37)32-11-15-3-2-4-19(27)21(15)25)18(9-24(28,29)13-33-35-30)12-39-23(38)34-20-8-16-7-17(26)6-5-14(16)10-31-20/h2-8,10,18H,9,11-13H2,1H3,(H2,30,33)(H,32,37)(H,31,34,38)/t18-/m0/s1. The second-order valence-corrected chi connectivity index (χ2v) is 8.77. The SMILES string of the molecule is CN(C(=O)NCc1cccc(F)c1Cl)[C@H](COC(=O)Nc1cc2cc(F)ccc2cn1)CC(F)(F)CN=NN. The summed E-state index contributed by atoms with van der Waals surface area (Å²) in [6.45, 7) is -1.90. The molecule has 0 aliphatic heterocycles. The van der Waals surface area contributed by atoms with Gasteiger partial charge in [0.1, 0.15) is 30.6 Å². The zero-order valence-corrected chi connectivity index (χ0v) is 21.3. The van der Waals surface area contributed by atoms with Crippen LogP contribution < -0.4 is 16.5 Å². The number of nitrogens with one attached hydrogen (secondary N) is 2. The molecule has 1 aromatic heterocycles. The van der Waals surface area contributed by atoms with E-state index < -0.39 is 55.3 Å². The number of halogens is 5. The van der Waals surface area contributed by atoms with Crippen molar-refractivity contribution in [3.63, 3.8) is 0 Å². The number of amides is 3. The van der Waals surface area contributed by atoms with Crippen LogP contribution in [0, 0.1) is 11.6 Å². The summed E-state index contributed by atoms with van der Waals surface area (Å²) in [5, 5.41) is 11.6. The molecule has 10 nitrogen and oxygen atoms in total. The molecule has 0 unspecified atom stereocenters. The molecule has 3 amide bonds. The number of ether oxygens (including phenoxy) is 1. The van der Waals surface area contributed by atoms with Crippen LogP contribution in [0.15, 0.2) is 59.0 Å². The summed E-state index contributed by atoms with van der Waals surface area (Å²) < 4.78 is 61.2. The van der Waals surface area contributed by atoms with Crippen molar-refractivity contribution < 1.29 is 31.9 Å². The minimum atomic E-state index is -3.46. The van der Waals surface area contributed by atoms with Gasteiger partial charge in [-0.3, -0.25) is 5.32 Å². The Morgan fingerprint density at radius 3 is 2.72 bits per heavy atom. The van der Waals surface area contributed by atoms with E-state index in [9.17, 15) is 27.2 Å². The van der Waals surface area contributed by atoms with Crippen molar-refractivity contribution in [3.05, 3.63) is 70.9 Å². The molecule has 39 heavy (non-hydrogen) atoms. The lowest BCUT2D eigenvalue weighted by Crippen LogP contribution is -2.48. The van der Waals surface area contributed by atoms with Crippen LogP contribution in [0.2, 0.25) is 5.02 Å². The Bertz CT molecular complexity index is 1360. The molecule has 0 bridgehead atoms. The molecule has 208 valence electrons. The average Bonchev–Trinajstić information content (AvgIpc) is 2.89. The normalized spacial score (nSPS) is 12.4. The number of carbonyl (C=O) groups is 2. The van der Waals surface area contributed by atoms with Gasteiger partial charge in [0.05, 0.1) is 11.1 Å². The summed E-state index contributed by atoms with van der Waals surface area (Å²) in [5.41, 5.74) is 0.266. The van der Waals surface area contributed by atoms with Crippen LogP contribution in [0.5, 0.6) is 0 Å².